The maximum Gasteiger partial charge on any atom is 0.256 e. The Labute approximate surface area is 164 Å². The molecule has 4 rings (SSSR count). The normalized spacial score (nSPS) is 10.6. The third-order valence-electron chi connectivity index (χ3n) is 4.58. The van der Waals surface area contributed by atoms with E-state index < -0.39 is 0 Å². The lowest BCUT2D eigenvalue weighted by molar-refractivity contribution is 0.102. The number of nitrogens with one attached hydrogen (secondary N) is 1. The summed E-state index contributed by atoms with van der Waals surface area (Å²) in [6.07, 6.45) is 0. The number of aromatic nitrogens is 2. The number of carbonyl (C=O) groups is 1. The summed E-state index contributed by atoms with van der Waals surface area (Å²) >= 11 is 0. The van der Waals surface area contributed by atoms with Gasteiger partial charge in [-0.05, 0) is 44.2 Å². The second kappa shape index (κ2) is 7.53. The topological polar surface area (TPSA) is 46.9 Å². The van der Waals surface area contributed by atoms with Gasteiger partial charge in [-0.25, -0.2) is 4.68 Å². The smallest absolute Gasteiger partial charge is 0.256 e. The number of nitrogens with zero attached hydrogens (tertiary/aromatic N) is 2. The van der Waals surface area contributed by atoms with Crippen LogP contribution in [0.2, 0.25) is 0 Å². The molecule has 0 saturated heterocycles. The van der Waals surface area contributed by atoms with Crippen molar-refractivity contribution in [2.24, 2.45) is 0 Å². The minimum absolute atomic E-state index is 0.159. The Kier molecular flexibility index (Phi) is 4.77. The maximum absolute atomic E-state index is 12.8. The highest BCUT2D eigenvalue weighted by molar-refractivity contribution is 6.04. The van der Waals surface area contributed by atoms with Crippen LogP contribution in [0.25, 0.3) is 16.9 Å². The summed E-state index contributed by atoms with van der Waals surface area (Å²) in [6, 6.07) is 27.4. The van der Waals surface area contributed by atoms with E-state index in [9.17, 15) is 4.79 Å². The van der Waals surface area contributed by atoms with Crippen molar-refractivity contribution in [3.8, 4) is 16.9 Å². The zero-order valence-electron chi connectivity index (χ0n) is 15.9. The molecule has 0 aliphatic heterocycles. The molecule has 4 nitrogen and oxygen atoms in total. The van der Waals surface area contributed by atoms with Crippen LogP contribution in [0.4, 0.5) is 5.82 Å². The van der Waals surface area contributed by atoms with E-state index in [1.165, 1.54) is 0 Å². The van der Waals surface area contributed by atoms with Crippen molar-refractivity contribution >= 4 is 11.7 Å². The first-order valence-corrected chi connectivity index (χ1v) is 9.21. The minimum atomic E-state index is -0.159. The highest BCUT2D eigenvalue weighted by Gasteiger charge is 2.15. The first kappa shape index (κ1) is 17.7. The Morgan fingerprint density at radius 3 is 2.29 bits per heavy atom. The molecule has 1 heterocycles. The van der Waals surface area contributed by atoms with E-state index in [-0.39, 0.29) is 5.91 Å². The van der Waals surface area contributed by atoms with Crippen molar-refractivity contribution < 1.29 is 4.79 Å². The van der Waals surface area contributed by atoms with Gasteiger partial charge >= 0.3 is 0 Å². The van der Waals surface area contributed by atoms with Crippen molar-refractivity contribution in [1.82, 2.24) is 9.78 Å². The van der Waals surface area contributed by atoms with Gasteiger partial charge in [0.2, 0.25) is 0 Å². The summed E-state index contributed by atoms with van der Waals surface area (Å²) in [6.45, 7) is 4.05. The third kappa shape index (κ3) is 3.71. The molecule has 1 N–H and O–H groups in total. The summed E-state index contributed by atoms with van der Waals surface area (Å²) in [5, 5.41) is 7.77. The van der Waals surface area contributed by atoms with Gasteiger partial charge in [0.25, 0.3) is 5.91 Å². The first-order chi connectivity index (χ1) is 13.6. The van der Waals surface area contributed by atoms with E-state index >= 15 is 0 Å². The fourth-order valence-corrected chi connectivity index (χ4v) is 3.08. The molecule has 0 bridgehead atoms. The molecule has 1 aromatic heterocycles. The molecule has 0 fully saturated rings. The van der Waals surface area contributed by atoms with Gasteiger partial charge in [0, 0.05) is 17.2 Å². The standard InChI is InChI=1S/C24H21N3O/c1-17-11-13-19(14-12-17)24(28)25-23-16-22(20-8-6-7-18(2)15-20)26-27(23)21-9-4-3-5-10-21/h3-16H,1-2H3,(H,25,28). The molecular weight excluding hydrogens is 346 g/mol. The van der Waals surface area contributed by atoms with Gasteiger partial charge in [-0.1, -0.05) is 59.7 Å². The first-order valence-electron chi connectivity index (χ1n) is 9.21. The quantitative estimate of drug-likeness (QED) is 0.524. The van der Waals surface area contributed by atoms with Crippen LogP contribution in [0.15, 0.2) is 84.9 Å². The van der Waals surface area contributed by atoms with Crippen LogP contribution in [-0.2, 0) is 0 Å². The van der Waals surface area contributed by atoms with Gasteiger partial charge < -0.3 is 5.32 Å². The van der Waals surface area contributed by atoms with Crippen molar-refractivity contribution in [3.05, 3.63) is 102 Å². The van der Waals surface area contributed by atoms with Crippen LogP contribution >= 0.6 is 0 Å². The van der Waals surface area contributed by atoms with Crippen molar-refractivity contribution in [1.29, 1.82) is 0 Å². The van der Waals surface area contributed by atoms with Crippen LogP contribution in [0.5, 0.6) is 0 Å². The third-order valence-corrected chi connectivity index (χ3v) is 4.58. The minimum Gasteiger partial charge on any atom is -0.306 e. The Balaban J connectivity index is 1.74. The Hall–Kier alpha value is -3.66. The van der Waals surface area contributed by atoms with Crippen LogP contribution in [0.3, 0.4) is 0 Å². The second-order valence-corrected chi connectivity index (χ2v) is 6.85. The lowest BCUT2D eigenvalue weighted by Gasteiger charge is -2.09. The maximum atomic E-state index is 12.8. The number of para-hydroxylation sites is 1. The molecular formula is C24H21N3O. The molecule has 4 heteroatoms. The molecule has 0 spiro atoms. The molecule has 0 unspecified atom stereocenters. The van der Waals surface area contributed by atoms with Crippen molar-refractivity contribution in [2.75, 3.05) is 5.32 Å². The molecule has 138 valence electrons. The van der Waals surface area contributed by atoms with Crippen LogP contribution in [0.1, 0.15) is 21.5 Å². The van der Waals surface area contributed by atoms with E-state index in [2.05, 4.69) is 24.4 Å². The number of anilines is 1. The monoisotopic (exact) mass is 367 g/mol. The Bertz CT molecular complexity index is 1110. The SMILES string of the molecule is Cc1ccc(C(=O)Nc2cc(-c3cccc(C)c3)nn2-c2ccccc2)cc1. The number of aryl methyl sites for hydroxylation is 2. The number of hydrogen-bond acceptors (Lipinski definition) is 2. The molecule has 0 aliphatic carbocycles. The molecule has 28 heavy (non-hydrogen) atoms. The number of hydrogen-bond donors (Lipinski definition) is 1. The lowest BCUT2D eigenvalue weighted by atomic mass is 10.1. The van der Waals surface area contributed by atoms with Crippen molar-refractivity contribution in [2.45, 2.75) is 13.8 Å². The molecule has 4 aromatic rings. The predicted octanol–water partition coefficient (Wildman–Crippen LogP) is 5.41. The van der Waals surface area contributed by atoms with Gasteiger partial charge in [0.15, 0.2) is 0 Å². The van der Waals surface area contributed by atoms with E-state index in [4.69, 9.17) is 5.10 Å². The summed E-state index contributed by atoms with van der Waals surface area (Å²) in [5.41, 5.74) is 5.61. The number of rotatable bonds is 4. The average molecular weight is 367 g/mol. The van der Waals surface area contributed by atoms with Crippen LogP contribution in [0, 0.1) is 13.8 Å². The van der Waals surface area contributed by atoms with Gasteiger partial charge in [-0.3, -0.25) is 4.79 Å². The molecule has 1 amide bonds. The van der Waals surface area contributed by atoms with Crippen molar-refractivity contribution in [3.63, 3.8) is 0 Å². The Morgan fingerprint density at radius 1 is 0.821 bits per heavy atom. The van der Waals surface area contributed by atoms with E-state index in [0.717, 1.165) is 28.1 Å². The molecule has 0 atom stereocenters. The van der Waals surface area contributed by atoms with E-state index in [1.807, 2.05) is 79.7 Å². The summed E-state index contributed by atoms with van der Waals surface area (Å²) in [4.78, 5) is 12.8. The predicted molar refractivity (Wildman–Crippen MR) is 113 cm³/mol. The summed E-state index contributed by atoms with van der Waals surface area (Å²) in [7, 11) is 0. The van der Waals surface area contributed by atoms with E-state index in [1.54, 1.807) is 4.68 Å². The van der Waals surface area contributed by atoms with Crippen LogP contribution < -0.4 is 5.32 Å². The summed E-state index contributed by atoms with van der Waals surface area (Å²) < 4.78 is 1.77. The van der Waals surface area contributed by atoms with Gasteiger partial charge in [0.05, 0.1) is 11.4 Å². The van der Waals surface area contributed by atoms with Gasteiger partial charge in [0.1, 0.15) is 5.82 Å². The van der Waals surface area contributed by atoms with Crippen LogP contribution in [-0.4, -0.2) is 15.7 Å². The van der Waals surface area contributed by atoms with Gasteiger partial charge in [-0.15, -0.1) is 0 Å². The number of carbonyl (C=O) groups excluding carboxylic acids is 1. The highest BCUT2D eigenvalue weighted by Crippen LogP contribution is 2.26. The second-order valence-electron chi connectivity index (χ2n) is 6.85. The number of benzene rings is 3. The average Bonchev–Trinajstić information content (AvgIpc) is 3.13. The van der Waals surface area contributed by atoms with E-state index in [0.29, 0.717) is 11.4 Å². The molecule has 3 aromatic carbocycles. The zero-order valence-corrected chi connectivity index (χ0v) is 15.9. The molecule has 0 radical (unpaired) electrons. The lowest BCUT2D eigenvalue weighted by Crippen LogP contribution is -2.15. The molecule has 0 saturated carbocycles. The van der Waals surface area contributed by atoms with Gasteiger partial charge in [-0.2, -0.15) is 5.10 Å². The number of amides is 1. The molecule has 0 aliphatic rings. The fraction of sp³-hybridized carbons (Fsp3) is 0.0833. The Morgan fingerprint density at radius 2 is 1.57 bits per heavy atom. The fourth-order valence-electron chi connectivity index (χ4n) is 3.08. The summed E-state index contributed by atoms with van der Waals surface area (Å²) in [5.74, 6) is 0.473. The largest absolute Gasteiger partial charge is 0.306 e. The highest BCUT2D eigenvalue weighted by atomic mass is 16.1. The zero-order chi connectivity index (χ0) is 19.5.